The zero-order valence-corrected chi connectivity index (χ0v) is 15.6. The summed E-state index contributed by atoms with van der Waals surface area (Å²) in [6, 6.07) is 15.8. The zero-order valence-electron chi connectivity index (χ0n) is 14.1. The molecule has 0 atom stereocenters. The number of carbonyl (C=O) groups excluding carboxylic acids is 2. The summed E-state index contributed by atoms with van der Waals surface area (Å²) in [6.45, 7) is -0.165. The third kappa shape index (κ3) is 5.42. The summed E-state index contributed by atoms with van der Waals surface area (Å²) in [5.74, 6) is -0.562. The van der Waals surface area contributed by atoms with E-state index in [1.165, 1.54) is 12.3 Å². The van der Waals surface area contributed by atoms with Crippen molar-refractivity contribution in [2.24, 2.45) is 0 Å². The average Bonchev–Trinajstić information content (AvgIpc) is 3.18. The van der Waals surface area contributed by atoms with Gasteiger partial charge in [-0.05, 0) is 29.8 Å². The molecule has 0 spiro atoms. The molecule has 3 aromatic rings. The van der Waals surface area contributed by atoms with Crippen LogP contribution in [-0.4, -0.2) is 23.6 Å². The molecule has 1 amide bonds. The fraction of sp³-hybridized carbons (Fsp3) is 0.105. The van der Waals surface area contributed by atoms with E-state index in [4.69, 9.17) is 9.47 Å². The minimum Gasteiger partial charge on any atom is -0.488 e. The molecule has 1 heterocycles. The second kappa shape index (κ2) is 9.00. The Bertz CT molecular complexity index is 927. The van der Waals surface area contributed by atoms with Gasteiger partial charge >= 0.3 is 5.97 Å². The Balaban J connectivity index is 1.59. The van der Waals surface area contributed by atoms with Gasteiger partial charge < -0.3 is 19.3 Å². The van der Waals surface area contributed by atoms with Crippen molar-refractivity contribution in [2.45, 2.75) is 6.61 Å². The number of benzene rings is 2. The van der Waals surface area contributed by atoms with E-state index in [0.29, 0.717) is 5.75 Å². The van der Waals surface area contributed by atoms with Crippen LogP contribution in [0.15, 0.2) is 69.9 Å². The normalized spacial score (nSPS) is 10.3. The first kappa shape index (κ1) is 18.7. The van der Waals surface area contributed by atoms with Gasteiger partial charge in [0.15, 0.2) is 12.4 Å². The molecule has 3 rings (SSSR count). The largest absolute Gasteiger partial charge is 0.488 e. The number of ether oxygens (including phenoxy) is 2. The Labute approximate surface area is 163 Å². The smallest absolute Gasteiger partial charge is 0.342 e. The molecule has 0 fully saturated rings. The van der Waals surface area contributed by atoms with E-state index in [0.717, 1.165) is 10.0 Å². The molecule has 0 radical (unpaired) electrons. The van der Waals surface area contributed by atoms with Crippen LogP contribution in [0.25, 0.3) is 0 Å². The van der Waals surface area contributed by atoms with Crippen molar-refractivity contribution in [1.82, 2.24) is 5.16 Å². The van der Waals surface area contributed by atoms with Crippen molar-refractivity contribution in [3.05, 3.63) is 76.5 Å². The molecular formula is C19H15BrN2O5. The average molecular weight is 431 g/mol. The molecule has 0 unspecified atom stereocenters. The van der Waals surface area contributed by atoms with Gasteiger partial charge in [-0.1, -0.05) is 45.4 Å². The molecule has 0 aliphatic heterocycles. The molecule has 8 heteroatoms. The Morgan fingerprint density at radius 2 is 1.96 bits per heavy atom. The number of amides is 1. The lowest BCUT2D eigenvalue weighted by Gasteiger charge is -2.11. The van der Waals surface area contributed by atoms with Crippen molar-refractivity contribution < 1.29 is 23.6 Å². The Hall–Kier alpha value is -3.13. The Kier molecular flexibility index (Phi) is 6.22. The van der Waals surface area contributed by atoms with Gasteiger partial charge in [0.1, 0.15) is 24.2 Å². The van der Waals surface area contributed by atoms with Crippen LogP contribution >= 0.6 is 15.9 Å². The van der Waals surface area contributed by atoms with Crippen molar-refractivity contribution in [1.29, 1.82) is 0 Å². The summed E-state index contributed by atoms with van der Waals surface area (Å²) >= 11 is 3.40. The summed E-state index contributed by atoms with van der Waals surface area (Å²) in [7, 11) is 0. The summed E-state index contributed by atoms with van der Waals surface area (Å²) in [5.41, 5.74) is 1.18. The maximum absolute atomic E-state index is 12.3. The van der Waals surface area contributed by atoms with Gasteiger partial charge in [-0.2, -0.15) is 0 Å². The number of para-hydroxylation sites is 1. The van der Waals surface area contributed by atoms with Crippen LogP contribution in [0.2, 0.25) is 0 Å². The number of anilines is 1. The van der Waals surface area contributed by atoms with Gasteiger partial charge in [0, 0.05) is 10.5 Å². The van der Waals surface area contributed by atoms with E-state index in [1.54, 1.807) is 24.3 Å². The van der Waals surface area contributed by atoms with Crippen molar-refractivity contribution in [3.8, 4) is 5.75 Å². The Morgan fingerprint density at radius 3 is 2.74 bits per heavy atom. The van der Waals surface area contributed by atoms with Gasteiger partial charge in [0.25, 0.3) is 5.91 Å². The number of rotatable bonds is 7. The lowest BCUT2D eigenvalue weighted by molar-refractivity contribution is -0.119. The number of nitrogens with one attached hydrogen (secondary N) is 1. The molecule has 0 aliphatic carbocycles. The first-order valence-electron chi connectivity index (χ1n) is 7.95. The minimum absolute atomic E-state index is 0.238. The van der Waals surface area contributed by atoms with Crippen molar-refractivity contribution in [2.75, 3.05) is 11.9 Å². The van der Waals surface area contributed by atoms with E-state index in [2.05, 4.69) is 30.9 Å². The first-order chi connectivity index (χ1) is 13.1. The minimum atomic E-state index is -0.657. The third-order valence-electron chi connectivity index (χ3n) is 3.43. The number of hydrogen-bond acceptors (Lipinski definition) is 6. The molecule has 27 heavy (non-hydrogen) atoms. The van der Waals surface area contributed by atoms with Crippen molar-refractivity contribution >= 4 is 33.6 Å². The maximum Gasteiger partial charge on any atom is 0.342 e. The van der Waals surface area contributed by atoms with E-state index >= 15 is 0 Å². The Morgan fingerprint density at radius 1 is 1.11 bits per heavy atom. The molecule has 0 bridgehead atoms. The molecule has 0 saturated carbocycles. The van der Waals surface area contributed by atoms with Crippen LogP contribution in [-0.2, 0) is 16.1 Å². The van der Waals surface area contributed by atoms with E-state index in [-0.39, 0.29) is 18.0 Å². The number of halogens is 1. The molecule has 1 aromatic heterocycles. The van der Waals surface area contributed by atoms with Gasteiger partial charge in [-0.15, -0.1) is 0 Å². The van der Waals surface area contributed by atoms with E-state index in [1.807, 2.05) is 24.3 Å². The monoisotopic (exact) mass is 430 g/mol. The van der Waals surface area contributed by atoms with Crippen LogP contribution in [0, 0.1) is 0 Å². The highest BCUT2D eigenvalue weighted by atomic mass is 79.9. The quantitative estimate of drug-likeness (QED) is 0.573. The van der Waals surface area contributed by atoms with Crippen molar-refractivity contribution in [3.63, 3.8) is 0 Å². The molecule has 7 nitrogen and oxygen atoms in total. The molecule has 1 N–H and O–H groups in total. The third-order valence-corrected chi connectivity index (χ3v) is 3.92. The van der Waals surface area contributed by atoms with Crippen LogP contribution in [0.5, 0.6) is 5.75 Å². The predicted molar refractivity (Wildman–Crippen MR) is 100 cm³/mol. The second-order valence-corrected chi connectivity index (χ2v) is 6.34. The number of nitrogens with zero attached hydrogens (tertiary/aromatic N) is 1. The standard InChI is InChI=1S/C19H15BrN2O5/c20-14-5-3-4-13(10-14)11-25-16-7-2-1-6-15(16)19(24)26-12-18(23)21-17-8-9-27-22-17/h1-10H,11-12H2,(H,21,22,23). The highest BCUT2D eigenvalue weighted by molar-refractivity contribution is 9.10. The molecular weight excluding hydrogens is 416 g/mol. The van der Waals surface area contributed by atoms with E-state index < -0.39 is 18.5 Å². The van der Waals surface area contributed by atoms with Gasteiger partial charge in [0.2, 0.25) is 0 Å². The van der Waals surface area contributed by atoms with Gasteiger partial charge in [0.05, 0.1) is 0 Å². The first-order valence-corrected chi connectivity index (χ1v) is 8.75. The number of aromatic nitrogens is 1. The fourth-order valence-corrected chi connectivity index (χ4v) is 2.66. The fourth-order valence-electron chi connectivity index (χ4n) is 2.21. The second-order valence-electron chi connectivity index (χ2n) is 5.42. The van der Waals surface area contributed by atoms with E-state index in [9.17, 15) is 9.59 Å². The summed E-state index contributed by atoms with van der Waals surface area (Å²) in [6.07, 6.45) is 1.32. The van der Waals surface area contributed by atoms with Gasteiger partial charge in [-0.25, -0.2) is 4.79 Å². The predicted octanol–water partition coefficient (Wildman–Crippen LogP) is 3.81. The van der Waals surface area contributed by atoms with Crippen LogP contribution in [0.1, 0.15) is 15.9 Å². The summed E-state index contributed by atoms with van der Waals surface area (Å²) in [5, 5.41) is 5.98. The molecule has 138 valence electrons. The summed E-state index contributed by atoms with van der Waals surface area (Å²) in [4.78, 5) is 24.1. The lowest BCUT2D eigenvalue weighted by atomic mass is 10.2. The number of carbonyl (C=O) groups is 2. The van der Waals surface area contributed by atoms with Crippen LogP contribution < -0.4 is 10.1 Å². The number of hydrogen-bond donors (Lipinski definition) is 1. The van der Waals surface area contributed by atoms with Crippen LogP contribution in [0.3, 0.4) is 0 Å². The lowest BCUT2D eigenvalue weighted by Crippen LogP contribution is -2.21. The molecule has 0 saturated heterocycles. The molecule has 0 aliphatic rings. The topological polar surface area (TPSA) is 90.7 Å². The summed E-state index contributed by atoms with van der Waals surface area (Å²) < 4.78 is 16.3. The van der Waals surface area contributed by atoms with Gasteiger partial charge in [-0.3, -0.25) is 4.79 Å². The maximum atomic E-state index is 12.3. The highest BCUT2D eigenvalue weighted by Crippen LogP contribution is 2.21. The zero-order chi connectivity index (χ0) is 19.1. The van der Waals surface area contributed by atoms with Crippen LogP contribution in [0.4, 0.5) is 5.82 Å². The highest BCUT2D eigenvalue weighted by Gasteiger charge is 2.16. The number of esters is 1. The SMILES string of the molecule is O=C(COC(=O)c1ccccc1OCc1cccc(Br)c1)Nc1ccon1. The molecule has 2 aromatic carbocycles.